The number of hydrogen-bond acceptors (Lipinski definition) is 7. The third-order valence-electron chi connectivity index (χ3n) is 3.24. The number of hydrogen-bond donors (Lipinski definition) is 0. The zero-order chi connectivity index (χ0) is 15.6. The Kier molecular flexibility index (Phi) is 3.64. The summed E-state index contributed by atoms with van der Waals surface area (Å²) >= 11 is 3.06. The van der Waals surface area contributed by atoms with E-state index in [1.807, 2.05) is 23.6 Å². The molecule has 114 valence electrons. The number of fused-ring (bicyclic) bond motifs is 1. The van der Waals surface area contributed by atoms with Crippen molar-refractivity contribution in [3.05, 3.63) is 58.5 Å². The number of aromatic nitrogens is 2. The number of carbonyl (C=O) groups is 1. The van der Waals surface area contributed by atoms with Gasteiger partial charge in [0.1, 0.15) is 12.3 Å². The van der Waals surface area contributed by atoms with E-state index in [1.165, 1.54) is 11.3 Å². The van der Waals surface area contributed by atoms with Gasteiger partial charge in [-0.15, -0.1) is 22.7 Å². The third-order valence-corrected chi connectivity index (χ3v) is 4.92. The van der Waals surface area contributed by atoms with Crippen molar-refractivity contribution in [1.29, 1.82) is 0 Å². The molecule has 0 saturated carbocycles. The number of ether oxygens (including phenoxy) is 1. The normalized spacial score (nSPS) is 11.0. The molecule has 0 spiro atoms. The van der Waals surface area contributed by atoms with E-state index in [1.54, 1.807) is 35.0 Å². The summed E-state index contributed by atoms with van der Waals surface area (Å²) in [6, 6.07) is 11.0. The zero-order valence-electron chi connectivity index (χ0n) is 11.8. The van der Waals surface area contributed by atoms with Crippen LogP contribution in [0.3, 0.4) is 0 Å². The van der Waals surface area contributed by atoms with Crippen LogP contribution in [0.2, 0.25) is 0 Å². The highest BCUT2D eigenvalue weighted by Gasteiger charge is 2.12. The van der Waals surface area contributed by atoms with Crippen molar-refractivity contribution in [2.75, 3.05) is 0 Å². The first kappa shape index (κ1) is 14.1. The molecule has 0 aliphatic carbocycles. The first-order chi connectivity index (χ1) is 11.3. The molecule has 0 unspecified atom stereocenters. The van der Waals surface area contributed by atoms with Crippen molar-refractivity contribution in [2.24, 2.45) is 0 Å². The number of rotatable bonds is 4. The molecule has 3 heterocycles. The maximum absolute atomic E-state index is 12.1. The summed E-state index contributed by atoms with van der Waals surface area (Å²) in [6.07, 6.45) is 0. The molecule has 0 bridgehead atoms. The Balaban J connectivity index is 1.45. The standard InChI is InChI=1S/C16H10N2O3S2/c19-16(10-3-4-12-15(6-10)23-9-17-12)20-8-11-7-13(21-18-11)14-2-1-5-22-14/h1-7,9H,8H2. The lowest BCUT2D eigenvalue weighted by atomic mass is 10.2. The highest BCUT2D eigenvalue weighted by Crippen LogP contribution is 2.25. The Morgan fingerprint density at radius 3 is 3.04 bits per heavy atom. The fraction of sp³-hybridized carbons (Fsp3) is 0.0625. The Morgan fingerprint density at radius 1 is 1.22 bits per heavy atom. The third kappa shape index (κ3) is 2.88. The van der Waals surface area contributed by atoms with Crippen LogP contribution >= 0.6 is 22.7 Å². The lowest BCUT2D eigenvalue weighted by Crippen LogP contribution is -2.05. The van der Waals surface area contributed by atoms with E-state index < -0.39 is 0 Å². The predicted octanol–water partition coefficient (Wildman–Crippen LogP) is 4.37. The van der Waals surface area contributed by atoms with E-state index in [0.717, 1.165) is 15.1 Å². The number of thiazole rings is 1. The second kappa shape index (κ2) is 5.94. The van der Waals surface area contributed by atoms with Gasteiger partial charge >= 0.3 is 5.97 Å². The summed E-state index contributed by atoms with van der Waals surface area (Å²) in [4.78, 5) is 17.3. The highest BCUT2D eigenvalue weighted by atomic mass is 32.1. The summed E-state index contributed by atoms with van der Waals surface area (Å²) in [5.74, 6) is 0.290. The minimum absolute atomic E-state index is 0.0778. The van der Waals surface area contributed by atoms with Crippen LogP contribution in [0.15, 0.2) is 51.8 Å². The van der Waals surface area contributed by atoms with E-state index in [0.29, 0.717) is 17.0 Å². The van der Waals surface area contributed by atoms with Crippen LogP contribution in [0.1, 0.15) is 16.1 Å². The maximum atomic E-state index is 12.1. The average molecular weight is 342 g/mol. The minimum Gasteiger partial charge on any atom is -0.455 e. The lowest BCUT2D eigenvalue weighted by Gasteiger charge is -2.02. The van der Waals surface area contributed by atoms with Crippen LogP contribution in [0.4, 0.5) is 0 Å². The van der Waals surface area contributed by atoms with E-state index in [-0.39, 0.29) is 12.6 Å². The Morgan fingerprint density at radius 2 is 2.17 bits per heavy atom. The minimum atomic E-state index is -0.388. The van der Waals surface area contributed by atoms with Gasteiger partial charge in [0.2, 0.25) is 0 Å². The van der Waals surface area contributed by atoms with Gasteiger partial charge in [-0.3, -0.25) is 0 Å². The summed E-state index contributed by atoms with van der Waals surface area (Å²) in [7, 11) is 0. The van der Waals surface area contributed by atoms with Gasteiger partial charge in [0.25, 0.3) is 0 Å². The molecule has 0 N–H and O–H groups in total. The van der Waals surface area contributed by atoms with Gasteiger partial charge in [-0.2, -0.15) is 0 Å². The van der Waals surface area contributed by atoms with Crippen LogP contribution in [-0.2, 0) is 11.3 Å². The molecule has 1 aromatic carbocycles. The molecular weight excluding hydrogens is 332 g/mol. The van der Waals surface area contributed by atoms with Crippen molar-refractivity contribution in [3.63, 3.8) is 0 Å². The van der Waals surface area contributed by atoms with Gasteiger partial charge < -0.3 is 9.26 Å². The largest absolute Gasteiger partial charge is 0.455 e. The molecule has 23 heavy (non-hydrogen) atoms. The van der Waals surface area contributed by atoms with Gasteiger partial charge in [-0.05, 0) is 29.6 Å². The van der Waals surface area contributed by atoms with Crippen molar-refractivity contribution in [3.8, 4) is 10.6 Å². The number of benzene rings is 1. The number of thiophene rings is 1. The summed E-state index contributed by atoms with van der Waals surface area (Å²) < 4.78 is 11.5. The fourth-order valence-corrected chi connectivity index (χ4v) is 3.51. The monoisotopic (exact) mass is 342 g/mol. The first-order valence-electron chi connectivity index (χ1n) is 6.79. The van der Waals surface area contributed by atoms with Crippen molar-refractivity contribution >= 4 is 38.9 Å². The van der Waals surface area contributed by atoms with Gasteiger partial charge in [-0.25, -0.2) is 9.78 Å². The fourth-order valence-electron chi connectivity index (χ4n) is 2.12. The van der Waals surface area contributed by atoms with Gasteiger partial charge in [0.05, 0.1) is 26.2 Å². The Bertz CT molecular complexity index is 957. The molecule has 0 aliphatic heterocycles. The molecule has 4 aromatic rings. The Hall–Kier alpha value is -2.51. The van der Waals surface area contributed by atoms with Crippen molar-refractivity contribution in [1.82, 2.24) is 10.1 Å². The summed E-state index contributed by atoms with van der Waals surface area (Å²) in [6.45, 7) is 0.0778. The van der Waals surface area contributed by atoms with Crippen molar-refractivity contribution < 1.29 is 14.1 Å². The van der Waals surface area contributed by atoms with Crippen LogP contribution in [0.25, 0.3) is 20.9 Å². The van der Waals surface area contributed by atoms with Gasteiger partial charge in [0, 0.05) is 6.07 Å². The number of carbonyl (C=O) groups excluding carboxylic acids is 1. The second-order valence-electron chi connectivity index (χ2n) is 4.77. The summed E-state index contributed by atoms with van der Waals surface area (Å²) in [5.41, 5.74) is 3.72. The summed E-state index contributed by atoms with van der Waals surface area (Å²) in [5, 5.41) is 5.89. The molecule has 0 fully saturated rings. The van der Waals surface area contributed by atoms with Gasteiger partial charge in [0.15, 0.2) is 5.76 Å². The number of nitrogens with zero attached hydrogens (tertiary/aromatic N) is 2. The molecule has 0 amide bonds. The molecule has 4 rings (SSSR count). The molecule has 0 atom stereocenters. The Labute approximate surface area is 139 Å². The molecule has 0 aliphatic rings. The lowest BCUT2D eigenvalue weighted by molar-refractivity contribution is 0.0464. The number of esters is 1. The SMILES string of the molecule is O=C(OCc1cc(-c2cccs2)on1)c1ccc2ncsc2c1. The first-order valence-corrected chi connectivity index (χ1v) is 8.55. The molecular formula is C16H10N2O3S2. The topological polar surface area (TPSA) is 65.2 Å². The second-order valence-corrected chi connectivity index (χ2v) is 6.60. The molecule has 5 nitrogen and oxygen atoms in total. The predicted molar refractivity (Wildman–Crippen MR) is 88.6 cm³/mol. The molecule has 7 heteroatoms. The van der Waals surface area contributed by atoms with E-state index >= 15 is 0 Å². The van der Waals surface area contributed by atoms with Gasteiger partial charge in [-0.1, -0.05) is 11.2 Å². The molecule has 0 saturated heterocycles. The van der Waals surface area contributed by atoms with E-state index in [9.17, 15) is 4.79 Å². The van der Waals surface area contributed by atoms with E-state index in [4.69, 9.17) is 9.26 Å². The zero-order valence-corrected chi connectivity index (χ0v) is 13.4. The van der Waals surface area contributed by atoms with Crippen LogP contribution < -0.4 is 0 Å². The smallest absolute Gasteiger partial charge is 0.338 e. The molecule has 3 aromatic heterocycles. The van der Waals surface area contributed by atoms with Crippen molar-refractivity contribution in [2.45, 2.75) is 6.61 Å². The van der Waals surface area contributed by atoms with Crippen LogP contribution in [0, 0.1) is 0 Å². The van der Waals surface area contributed by atoms with E-state index in [2.05, 4.69) is 10.1 Å². The highest BCUT2D eigenvalue weighted by molar-refractivity contribution is 7.16. The maximum Gasteiger partial charge on any atom is 0.338 e. The van der Waals surface area contributed by atoms with Crippen LogP contribution in [0.5, 0.6) is 0 Å². The quantitative estimate of drug-likeness (QED) is 0.515. The molecule has 0 radical (unpaired) electrons. The van der Waals surface area contributed by atoms with Crippen LogP contribution in [-0.4, -0.2) is 16.1 Å². The average Bonchev–Trinajstić information content (AvgIpc) is 3.32.